The van der Waals surface area contributed by atoms with Crippen molar-refractivity contribution in [3.05, 3.63) is 57.3 Å². The normalized spacial score (nSPS) is 12.1. The Morgan fingerprint density at radius 2 is 2.00 bits per heavy atom. The van der Waals surface area contributed by atoms with E-state index in [4.69, 9.17) is 16.3 Å². The van der Waals surface area contributed by atoms with Crippen LogP contribution in [0.1, 0.15) is 18.5 Å². The standard InChI is InChI=1S/C15H14BrClFNO/c1-9(12-5-3-10(18)7-14(12)17)19-15-8-11(20-2)4-6-13(15)16/h3-9,19H,1-2H3. The summed E-state index contributed by atoms with van der Waals surface area (Å²) in [6, 6.07) is 9.99. The minimum atomic E-state index is -0.339. The second-order valence-electron chi connectivity index (χ2n) is 4.38. The molecule has 1 N–H and O–H groups in total. The number of halogens is 3. The first kappa shape index (κ1) is 15.1. The molecule has 0 radical (unpaired) electrons. The fraction of sp³-hybridized carbons (Fsp3) is 0.200. The Balaban J connectivity index is 2.25. The fourth-order valence-electron chi connectivity index (χ4n) is 1.91. The van der Waals surface area contributed by atoms with Gasteiger partial charge < -0.3 is 10.1 Å². The van der Waals surface area contributed by atoms with Gasteiger partial charge in [0, 0.05) is 15.6 Å². The molecule has 20 heavy (non-hydrogen) atoms. The van der Waals surface area contributed by atoms with Crippen molar-refractivity contribution in [3.63, 3.8) is 0 Å². The largest absolute Gasteiger partial charge is 0.497 e. The lowest BCUT2D eigenvalue weighted by Gasteiger charge is -2.18. The summed E-state index contributed by atoms with van der Waals surface area (Å²) in [6.45, 7) is 1.96. The van der Waals surface area contributed by atoms with Gasteiger partial charge in [0.05, 0.1) is 18.8 Å². The summed E-state index contributed by atoms with van der Waals surface area (Å²) in [5.41, 5.74) is 1.72. The quantitative estimate of drug-likeness (QED) is 0.787. The Kier molecular flexibility index (Phi) is 4.89. The number of anilines is 1. The highest BCUT2D eigenvalue weighted by Crippen LogP contribution is 2.32. The predicted molar refractivity (Wildman–Crippen MR) is 84.1 cm³/mol. The van der Waals surface area contributed by atoms with Crippen LogP contribution in [0.3, 0.4) is 0 Å². The molecule has 0 aromatic heterocycles. The molecule has 1 unspecified atom stereocenters. The van der Waals surface area contributed by atoms with E-state index in [1.165, 1.54) is 12.1 Å². The molecular formula is C15H14BrClFNO. The first-order chi connectivity index (χ1) is 9.51. The number of hydrogen-bond donors (Lipinski definition) is 1. The molecule has 0 heterocycles. The SMILES string of the molecule is COc1ccc(Br)c(NC(C)c2ccc(F)cc2Cl)c1. The van der Waals surface area contributed by atoms with Crippen LogP contribution in [0.2, 0.25) is 5.02 Å². The third-order valence-electron chi connectivity index (χ3n) is 2.97. The Morgan fingerprint density at radius 1 is 1.25 bits per heavy atom. The first-order valence-corrected chi connectivity index (χ1v) is 7.23. The highest BCUT2D eigenvalue weighted by Gasteiger charge is 2.12. The van der Waals surface area contributed by atoms with Gasteiger partial charge in [-0.3, -0.25) is 0 Å². The molecule has 0 saturated heterocycles. The smallest absolute Gasteiger partial charge is 0.124 e. The van der Waals surface area contributed by atoms with Gasteiger partial charge in [0.1, 0.15) is 11.6 Å². The maximum absolute atomic E-state index is 13.1. The van der Waals surface area contributed by atoms with Crippen LogP contribution in [0, 0.1) is 5.82 Å². The van der Waals surface area contributed by atoms with Crippen molar-refractivity contribution in [2.45, 2.75) is 13.0 Å². The fourth-order valence-corrected chi connectivity index (χ4v) is 2.60. The Morgan fingerprint density at radius 3 is 2.65 bits per heavy atom. The van der Waals surface area contributed by atoms with Crippen LogP contribution in [0.15, 0.2) is 40.9 Å². The first-order valence-electron chi connectivity index (χ1n) is 6.06. The molecule has 0 aliphatic rings. The molecule has 106 valence electrons. The number of benzene rings is 2. The van der Waals surface area contributed by atoms with E-state index in [1.54, 1.807) is 13.2 Å². The highest BCUT2D eigenvalue weighted by atomic mass is 79.9. The second kappa shape index (κ2) is 6.46. The molecule has 0 bridgehead atoms. The second-order valence-corrected chi connectivity index (χ2v) is 5.64. The molecule has 0 aliphatic heterocycles. The molecule has 2 rings (SSSR count). The summed E-state index contributed by atoms with van der Waals surface area (Å²) >= 11 is 9.55. The van der Waals surface area contributed by atoms with Crippen LogP contribution in [-0.4, -0.2) is 7.11 Å². The van der Waals surface area contributed by atoms with E-state index in [-0.39, 0.29) is 11.9 Å². The van der Waals surface area contributed by atoms with Crippen molar-refractivity contribution in [2.24, 2.45) is 0 Å². The maximum Gasteiger partial charge on any atom is 0.124 e. The van der Waals surface area contributed by atoms with E-state index in [0.29, 0.717) is 5.02 Å². The zero-order valence-corrected chi connectivity index (χ0v) is 13.4. The summed E-state index contributed by atoms with van der Waals surface area (Å²) in [6.07, 6.45) is 0. The number of rotatable bonds is 4. The van der Waals surface area contributed by atoms with Gasteiger partial charge in [-0.05, 0) is 52.7 Å². The number of ether oxygens (including phenoxy) is 1. The molecule has 2 aromatic carbocycles. The van der Waals surface area contributed by atoms with Crippen LogP contribution in [-0.2, 0) is 0 Å². The minimum Gasteiger partial charge on any atom is -0.497 e. The summed E-state index contributed by atoms with van der Waals surface area (Å²) in [7, 11) is 1.62. The summed E-state index contributed by atoms with van der Waals surface area (Å²) in [4.78, 5) is 0. The average molecular weight is 359 g/mol. The maximum atomic E-state index is 13.1. The van der Waals surface area contributed by atoms with E-state index in [1.807, 2.05) is 25.1 Å². The number of methoxy groups -OCH3 is 1. The Bertz CT molecular complexity index is 621. The highest BCUT2D eigenvalue weighted by molar-refractivity contribution is 9.10. The number of hydrogen-bond acceptors (Lipinski definition) is 2. The monoisotopic (exact) mass is 357 g/mol. The lowest BCUT2D eigenvalue weighted by molar-refractivity contribution is 0.415. The van der Waals surface area contributed by atoms with E-state index >= 15 is 0 Å². The Labute approximate surface area is 131 Å². The molecule has 2 nitrogen and oxygen atoms in total. The topological polar surface area (TPSA) is 21.3 Å². The third-order valence-corrected chi connectivity index (χ3v) is 3.99. The molecule has 5 heteroatoms. The van der Waals surface area contributed by atoms with Gasteiger partial charge >= 0.3 is 0 Å². The average Bonchev–Trinajstić information content (AvgIpc) is 2.41. The zero-order chi connectivity index (χ0) is 14.7. The van der Waals surface area contributed by atoms with Gasteiger partial charge in [-0.25, -0.2) is 4.39 Å². The summed E-state index contributed by atoms with van der Waals surface area (Å²) in [5, 5.41) is 3.73. The lowest BCUT2D eigenvalue weighted by Crippen LogP contribution is -2.08. The van der Waals surface area contributed by atoms with E-state index < -0.39 is 0 Å². The van der Waals surface area contributed by atoms with Crippen molar-refractivity contribution < 1.29 is 9.13 Å². The van der Waals surface area contributed by atoms with Gasteiger partial charge in [0.25, 0.3) is 0 Å². The van der Waals surface area contributed by atoms with Crippen LogP contribution < -0.4 is 10.1 Å². The summed E-state index contributed by atoms with van der Waals surface area (Å²) in [5.74, 6) is 0.418. The van der Waals surface area contributed by atoms with Gasteiger partial charge in [-0.1, -0.05) is 17.7 Å². The molecule has 0 fully saturated rings. The van der Waals surface area contributed by atoms with Gasteiger partial charge in [-0.15, -0.1) is 0 Å². The molecule has 2 aromatic rings. The van der Waals surface area contributed by atoms with Crippen LogP contribution in [0.5, 0.6) is 5.75 Å². The van der Waals surface area contributed by atoms with Crippen LogP contribution in [0.4, 0.5) is 10.1 Å². The van der Waals surface area contributed by atoms with E-state index in [0.717, 1.165) is 21.5 Å². The molecule has 0 saturated carbocycles. The van der Waals surface area contributed by atoms with Crippen LogP contribution in [0.25, 0.3) is 0 Å². The molecule has 0 aliphatic carbocycles. The van der Waals surface area contributed by atoms with Gasteiger partial charge in [0.2, 0.25) is 0 Å². The van der Waals surface area contributed by atoms with Crippen molar-refractivity contribution in [1.29, 1.82) is 0 Å². The van der Waals surface area contributed by atoms with E-state index in [9.17, 15) is 4.39 Å². The molecular weight excluding hydrogens is 345 g/mol. The van der Waals surface area contributed by atoms with Crippen molar-refractivity contribution in [1.82, 2.24) is 0 Å². The summed E-state index contributed by atoms with van der Waals surface area (Å²) < 4.78 is 19.2. The van der Waals surface area contributed by atoms with Crippen molar-refractivity contribution >= 4 is 33.2 Å². The van der Waals surface area contributed by atoms with Crippen LogP contribution >= 0.6 is 27.5 Å². The zero-order valence-electron chi connectivity index (χ0n) is 11.1. The third kappa shape index (κ3) is 3.44. The van der Waals surface area contributed by atoms with E-state index in [2.05, 4.69) is 21.2 Å². The van der Waals surface area contributed by atoms with Crippen molar-refractivity contribution in [3.8, 4) is 5.75 Å². The molecule has 0 spiro atoms. The van der Waals surface area contributed by atoms with Gasteiger partial charge in [0.15, 0.2) is 0 Å². The predicted octanol–water partition coefficient (Wildman–Crippen LogP) is 5.42. The minimum absolute atomic E-state index is 0.0634. The number of nitrogens with one attached hydrogen (secondary N) is 1. The lowest BCUT2D eigenvalue weighted by atomic mass is 10.1. The Hall–Kier alpha value is -1.26. The van der Waals surface area contributed by atoms with Crippen molar-refractivity contribution in [2.75, 3.05) is 12.4 Å². The molecule has 1 atom stereocenters. The van der Waals surface area contributed by atoms with Gasteiger partial charge in [-0.2, -0.15) is 0 Å². The molecule has 0 amide bonds.